The Hall–Kier alpha value is -11.5. The number of nitrogens with one attached hydrogen (secondary N) is 6. The lowest BCUT2D eigenvalue weighted by atomic mass is 10.2. The number of hydrogen-bond acceptors (Lipinski definition) is 21. The van der Waals surface area contributed by atoms with Gasteiger partial charge in [0.2, 0.25) is 0 Å². The molecule has 0 atom stereocenters. The Bertz CT molecular complexity index is 3670. The van der Waals surface area contributed by atoms with Crippen LogP contribution in [0.4, 0.5) is 0 Å². The minimum absolute atomic E-state index is 0.903. The molecule has 110 heavy (non-hydrogen) atoms. The molecule has 0 unspecified atom stereocenters. The van der Waals surface area contributed by atoms with Crippen LogP contribution in [0.2, 0.25) is 0 Å². The van der Waals surface area contributed by atoms with Gasteiger partial charge in [0.25, 0.3) is 0 Å². The maximum Gasteiger partial charge on any atom is 0.181 e. The number of oxazole rings is 2. The fourth-order valence-corrected chi connectivity index (χ4v) is 7.72. The number of H-pyrrole nitrogens is 6. The summed E-state index contributed by atoms with van der Waals surface area (Å²) in [7, 11) is 0. The summed E-state index contributed by atoms with van der Waals surface area (Å²) in [5.41, 5.74) is 33.7. The first kappa shape index (κ1) is 96.6. The third kappa shape index (κ3) is 42.8. The van der Waals surface area contributed by atoms with Gasteiger partial charge in [-0.05, 0) is 282 Å². The zero-order valence-electron chi connectivity index (χ0n) is 70.5. The SMILES string of the molecule is Cc1cccnc1C.Cc1cccnc1C.Cc1ccncc1C.Cc1cn[nH]c1C.Cc1cn[nH]c1C.Cc1cn[nH]c1C.Cc1cn[nH]c1C.Cc1cncnc1C.Cc1cncnc1C.Cc1nc[nH]c1C.Cc1nc[nH]c1C.Cc1ncoc1C.Cc1ncoc1C.Cc1ncsc1C.Cc1ncsc1C. The third-order valence-electron chi connectivity index (χ3n) is 16.6. The van der Waals surface area contributed by atoms with Crippen LogP contribution in [-0.2, 0) is 0 Å². The van der Waals surface area contributed by atoms with Crippen LogP contribution in [0.5, 0.6) is 0 Å². The van der Waals surface area contributed by atoms with Crippen LogP contribution in [0, 0.1) is 208 Å². The van der Waals surface area contributed by atoms with Crippen LogP contribution < -0.4 is 0 Å². The van der Waals surface area contributed by atoms with Gasteiger partial charge in [-0.3, -0.25) is 35.3 Å². The largest absolute Gasteiger partial charge is 0.449 e. The second-order valence-corrected chi connectivity index (χ2v) is 27.4. The van der Waals surface area contributed by atoms with Crippen LogP contribution in [-0.4, -0.2) is 116 Å². The van der Waals surface area contributed by atoms with E-state index in [2.05, 4.69) is 169 Å². The number of aromatic amines is 6. The van der Waals surface area contributed by atoms with Gasteiger partial charge in [0, 0.05) is 104 Å². The van der Waals surface area contributed by atoms with Crippen LogP contribution in [0.15, 0.2) is 150 Å². The quantitative estimate of drug-likeness (QED) is 0.0821. The van der Waals surface area contributed by atoms with E-state index in [9.17, 15) is 0 Å². The molecule has 0 aliphatic rings. The summed E-state index contributed by atoms with van der Waals surface area (Å²) in [4.78, 5) is 59.9. The van der Waals surface area contributed by atoms with Crippen molar-refractivity contribution in [1.29, 1.82) is 0 Å². The molecular formula is C83H119N23O2S2. The summed E-state index contributed by atoms with van der Waals surface area (Å²) in [6.07, 6.45) is 27.6. The molecule has 25 nitrogen and oxygen atoms in total. The molecule has 0 aromatic carbocycles. The van der Waals surface area contributed by atoms with Crippen LogP contribution in [0.1, 0.15) is 168 Å². The normalized spacial score (nSPS) is 9.36. The number of imidazole rings is 2. The number of hydrogen-bond donors (Lipinski definition) is 6. The van der Waals surface area contributed by atoms with Gasteiger partial charge < -0.3 is 18.8 Å². The minimum atomic E-state index is 0.903. The number of pyridine rings is 3. The molecule has 6 N–H and O–H groups in total. The molecule has 0 amide bonds. The van der Waals surface area contributed by atoms with Crippen molar-refractivity contribution in [2.45, 2.75) is 208 Å². The molecule has 0 radical (unpaired) electrons. The van der Waals surface area contributed by atoms with Crippen molar-refractivity contribution in [3.63, 3.8) is 0 Å². The highest BCUT2D eigenvalue weighted by atomic mass is 32.1. The topological polar surface area (TPSA) is 340 Å². The van der Waals surface area contributed by atoms with Crippen molar-refractivity contribution in [3.8, 4) is 0 Å². The standard InChI is InChI=1S/3C7H9N.2C6H8N2.6C5H8N2.2C5H7NO.2C5H7NS/c1-6-3-4-8-5-7(6)2;2*1-6-4-3-5-8-7(6)2;2*1-5-3-7-4-8-6(5)2;2*1-4-5(2)7-3-6-4;4*1-4-3-6-7-5(4)2;4*1-4-5(2)7-3-6-4/h3*3-5H,1-2H3;2*3-4H,1-2H3;6*3H,1-2H3,(H,6,7);4*3H,1-2H3. The van der Waals surface area contributed by atoms with E-state index in [-0.39, 0.29) is 0 Å². The Morgan fingerprint density at radius 2 is 0.582 bits per heavy atom. The van der Waals surface area contributed by atoms with E-state index < -0.39 is 0 Å². The monoisotopic (exact) mass is 1530 g/mol. The van der Waals surface area contributed by atoms with Gasteiger partial charge in [-0.2, -0.15) is 20.4 Å². The summed E-state index contributed by atoms with van der Waals surface area (Å²) < 4.78 is 9.71. The molecule has 0 spiro atoms. The molecule has 15 rings (SSSR count). The second kappa shape index (κ2) is 55.0. The third-order valence-corrected chi connectivity index (χ3v) is 18.3. The van der Waals surface area contributed by atoms with Gasteiger partial charge in [0.15, 0.2) is 12.8 Å². The summed E-state index contributed by atoms with van der Waals surface area (Å²) in [5.74, 6) is 1.81. The van der Waals surface area contributed by atoms with Crippen molar-refractivity contribution in [1.82, 2.24) is 116 Å². The van der Waals surface area contributed by atoms with E-state index in [1.165, 1.54) is 67.0 Å². The van der Waals surface area contributed by atoms with Crippen LogP contribution in [0.3, 0.4) is 0 Å². The van der Waals surface area contributed by atoms with Gasteiger partial charge in [0.1, 0.15) is 24.2 Å². The Kier molecular flexibility index (Phi) is 48.3. The molecule has 590 valence electrons. The zero-order valence-corrected chi connectivity index (χ0v) is 72.1. The number of nitrogens with zero attached hydrogens (tertiary/aromatic N) is 17. The van der Waals surface area contributed by atoms with Crippen molar-refractivity contribution in [3.05, 3.63) is 309 Å². The Morgan fingerprint density at radius 1 is 0.255 bits per heavy atom. The van der Waals surface area contributed by atoms with Gasteiger partial charge >= 0.3 is 0 Å². The first-order valence-electron chi connectivity index (χ1n) is 35.4. The fraction of sp³-hybridized carbons (Fsp3) is 0.361. The molecular weight excluding hydrogens is 1420 g/mol. The molecule has 15 aromatic heterocycles. The number of thiazole rings is 2. The van der Waals surface area contributed by atoms with Crippen molar-refractivity contribution in [2.24, 2.45) is 0 Å². The Morgan fingerprint density at radius 3 is 0.700 bits per heavy atom. The lowest BCUT2D eigenvalue weighted by molar-refractivity contribution is 0.525. The fourth-order valence-electron chi connectivity index (χ4n) is 6.53. The molecule has 0 saturated heterocycles. The predicted octanol–water partition coefficient (Wildman–Crippen LogP) is 19.5. The number of aromatic nitrogens is 23. The summed E-state index contributed by atoms with van der Waals surface area (Å²) in [5, 5.41) is 26.5. The van der Waals surface area contributed by atoms with Gasteiger partial charge in [-0.15, -0.1) is 22.7 Å². The van der Waals surface area contributed by atoms with E-state index >= 15 is 0 Å². The highest BCUT2D eigenvalue weighted by molar-refractivity contribution is 7.09. The smallest absolute Gasteiger partial charge is 0.181 e. The first-order valence-corrected chi connectivity index (χ1v) is 37.2. The molecule has 0 saturated carbocycles. The van der Waals surface area contributed by atoms with Crippen LogP contribution >= 0.6 is 22.7 Å². The van der Waals surface area contributed by atoms with Gasteiger partial charge in [0.05, 0.1) is 82.6 Å². The van der Waals surface area contributed by atoms with Crippen molar-refractivity contribution >= 4 is 22.7 Å². The maximum absolute atomic E-state index is 4.85. The van der Waals surface area contributed by atoms with Crippen molar-refractivity contribution in [2.75, 3.05) is 0 Å². The summed E-state index contributed by atoms with van der Waals surface area (Å²) in [6.45, 7) is 60.1. The van der Waals surface area contributed by atoms with Crippen LogP contribution in [0.25, 0.3) is 0 Å². The predicted molar refractivity (Wildman–Crippen MR) is 448 cm³/mol. The highest BCUT2D eigenvalue weighted by Gasteiger charge is 1.97. The van der Waals surface area contributed by atoms with Gasteiger partial charge in [-0.1, -0.05) is 12.1 Å². The first-order chi connectivity index (χ1) is 52.1. The minimum Gasteiger partial charge on any atom is -0.449 e. The molecule has 0 bridgehead atoms. The van der Waals surface area contributed by atoms with Gasteiger partial charge in [-0.25, -0.2) is 49.8 Å². The highest BCUT2D eigenvalue weighted by Crippen LogP contribution is 2.10. The second-order valence-electron chi connectivity index (χ2n) is 25.3. The molecule has 0 fully saturated rings. The van der Waals surface area contributed by atoms with E-state index in [1.54, 1.807) is 48.0 Å². The number of aryl methyl sites for hydroxylation is 30. The molecule has 15 heterocycles. The maximum atomic E-state index is 4.85. The molecule has 27 heteroatoms. The van der Waals surface area contributed by atoms with E-state index in [0.717, 1.165) is 114 Å². The average molecular weight is 1540 g/mol. The molecule has 15 aromatic rings. The summed E-state index contributed by atoms with van der Waals surface area (Å²) in [6, 6.07) is 10.0. The Labute approximate surface area is 660 Å². The zero-order chi connectivity index (χ0) is 82.7. The molecule has 0 aliphatic heterocycles. The van der Waals surface area contributed by atoms with E-state index in [4.69, 9.17) is 8.83 Å². The van der Waals surface area contributed by atoms with E-state index in [1.807, 2.05) is 257 Å². The van der Waals surface area contributed by atoms with E-state index in [0.29, 0.717) is 0 Å². The Balaban J connectivity index is 0.000000589. The lowest BCUT2D eigenvalue weighted by Gasteiger charge is -1.92. The average Bonchev–Trinajstić information content (AvgIpc) is 1.79. The number of rotatable bonds is 0. The summed E-state index contributed by atoms with van der Waals surface area (Å²) >= 11 is 3.39. The molecule has 0 aliphatic carbocycles. The lowest BCUT2D eigenvalue weighted by Crippen LogP contribution is -1.85. The van der Waals surface area contributed by atoms with Crippen molar-refractivity contribution < 1.29 is 8.83 Å².